The van der Waals surface area contributed by atoms with Crippen LogP contribution in [0.3, 0.4) is 0 Å². The van der Waals surface area contributed by atoms with Crippen molar-refractivity contribution in [2.75, 3.05) is 13.1 Å². The molecule has 1 amide bonds. The largest absolute Gasteiger partial charge is 0.465 e. The molecule has 5 nitrogen and oxygen atoms in total. The van der Waals surface area contributed by atoms with E-state index >= 15 is 0 Å². The third-order valence-corrected chi connectivity index (χ3v) is 4.60. The van der Waals surface area contributed by atoms with Crippen molar-refractivity contribution in [1.82, 2.24) is 4.90 Å². The van der Waals surface area contributed by atoms with Gasteiger partial charge in [-0.3, -0.25) is 4.79 Å². The maximum Gasteiger partial charge on any atom is 0.264 e. The van der Waals surface area contributed by atoms with Crippen LogP contribution in [0.5, 0.6) is 0 Å². The summed E-state index contributed by atoms with van der Waals surface area (Å²) in [5.74, 6) is 0.317. The third kappa shape index (κ3) is 3.98. The number of hydrogen-bond donors (Lipinski definition) is 1. The number of nitriles is 1. The number of furan rings is 1. The minimum atomic E-state index is -0.521. The number of amides is 1. The van der Waals surface area contributed by atoms with Crippen LogP contribution in [0.15, 0.2) is 58.7 Å². The zero-order chi connectivity index (χ0) is 17.6. The predicted octanol–water partition coefficient (Wildman–Crippen LogP) is 3.16. The molecule has 0 saturated carbocycles. The van der Waals surface area contributed by atoms with Gasteiger partial charge in [-0.05, 0) is 36.5 Å². The Morgan fingerprint density at radius 2 is 1.96 bits per heavy atom. The monoisotopic (exact) mass is 336 g/mol. The molecule has 3 rings (SSSR count). The number of rotatable bonds is 4. The highest BCUT2D eigenvalue weighted by molar-refractivity contribution is 6.01. The van der Waals surface area contributed by atoms with Gasteiger partial charge in [-0.25, -0.2) is 0 Å². The van der Waals surface area contributed by atoms with E-state index in [1.165, 1.54) is 12.3 Å². The van der Waals surface area contributed by atoms with Crippen molar-refractivity contribution in [2.45, 2.75) is 18.9 Å². The molecule has 1 unspecified atom stereocenters. The van der Waals surface area contributed by atoms with Gasteiger partial charge in [0.15, 0.2) is 0 Å². The van der Waals surface area contributed by atoms with E-state index in [1.807, 2.05) is 36.4 Å². The van der Waals surface area contributed by atoms with Crippen LogP contribution in [0, 0.1) is 17.2 Å². The lowest BCUT2D eigenvalue weighted by atomic mass is 9.87. The Balaban J connectivity index is 1.62. The molecule has 0 bridgehead atoms. The van der Waals surface area contributed by atoms with Crippen LogP contribution in [0.1, 0.15) is 30.3 Å². The Bertz CT molecular complexity index is 767. The number of aliphatic hydroxyl groups is 1. The highest BCUT2D eigenvalue weighted by Crippen LogP contribution is 2.31. The SMILES string of the molecule is N#CC(=Cc1ccco1)C(=O)N1CCC(C(O)c2ccccc2)CC1. The van der Waals surface area contributed by atoms with E-state index in [-0.39, 0.29) is 17.4 Å². The summed E-state index contributed by atoms with van der Waals surface area (Å²) in [6.45, 7) is 1.06. The van der Waals surface area contributed by atoms with E-state index in [9.17, 15) is 15.2 Å². The van der Waals surface area contributed by atoms with Gasteiger partial charge >= 0.3 is 0 Å². The van der Waals surface area contributed by atoms with Crippen molar-refractivity contribution in [1.29, 1.82) is 5.26 Å². The fourth-order valence-corrected chi connectivity index (χ4v) is 3.17. The van der Waals surface area contributed by atoms with Gasteiger partial charge in [0, 0.05) is 19.2 Å². The van der Waals surface area contributed by atoms with Crippen LogP contribution >= 0.6 is 0 Å². The maximum atomic E-state index is 12.5. The molecule has 1 aromatic heterocycles. The molecule has 25 heavy (non-hydrogen) atoms. The second kappa shape index (κ2) is 7.82. The molecule has 1 saturated heterocycles. The van der Waals surface area contributed by atoms with Crippen molar-refractivity contribution >= 4 is 12.0 Å². The van der Waals surface area contributed by atoms with Gasteiger partial charge in [0.05, 0.1) is 12.4 Å². The Hall–Kier alpha value is -2.84. The lowest BCUT2D eigenvalue weighted by Gasteiger charge is -2.34. The van der Waals surface area contributed by atoms with Gasteiger partial charge < -0.3 is 14.4 Å². The molecule has 1 aliphatic heterocycles. The lowest BCUT2D eigenvalue weighted by Crippen LogP contribution is -2.40. The molecule has 5 heteroatoms. The fourth-order valence-electron chi connectivity index (χ4n) is 3.17. The number of aliphatic hydroxyl groups excluding tert-OH is 1. The topological polar surface area (TPSA) is 77.5 Å². The average Bonchev–Trinajstić information content (AvgIpc) is 3.19. The van der Waals surface area contributed by atoms with Crippen molar-refractivity contribution in [3.8, 4) is 6.07 Å². The molecule has 0 aliphatic carbocycles. The summed E-state index contributed by atoms with van der Waals surface area (Å²) in [5.41, 5.74) is 0.972. The molecule has 2 aromatic rings. The minimum absolute atomic E-state index is 0.0667. The van der Waals surface area contributed by atoms with E-state index < -0.39 is 6.10 Å². The summed E-state index contributed by atoms with van der Waals surface area (Å²) in [5, 5.41) is 19.8. The maximum absolute atomic E-state index is 12.5. The normalized spacial score (nSPS) is 17.1. The number of nitrogens with zero attached hydrogens (tertiary/aromatic N) is 2. The number of likely N-dealkylation sites (tertiary alicyclic amines) is 1. The summed E-state index contributed by atoms with van der Waals surface area (Å²) in [6, 6.07) is 15.0. The molecule has 1 aromatic carbocycles. The lowest BCUT2D eigenvalue weighted by molar-refractivity contribution is -0.128. The molecule has 0 radical (unpaired) electrons. The van der Waals surface area contributed by atoms with E-state index in [0.29, 0.717) is 31.7 Å². The molecule has 1 atom stereocenters. The van der Waals surface area contributed by atoms with Crippen molar-refractivity contribution < 1.29 is 14.3 Å². The van der Waals surface area contributed by atoms with Gasteiger partial charge in [-0.2, -0.15) is 5.26 Å². The Morgan fingerprint density at radius 3 is 2.56 bits per heavy atom. The summed E-state index contributed by atoms with van der Waals surface area (Å²) in [7, 11) is 0. The molecular formula is C20H20N2O3. The van der Waals surface area contributed by atoms with Crippen molar-refractivity contribution in [3.05, 3.63) is 65.6 Å². The van der Waals surface area contributed by atoms with E-state index in [4.69, 9.17) is 4.42 Å². The quantitative estimate of drug-likeness (QED) is 0.687. The first kappa shape index (κ1) is 17.0. The Kier molecular flexibility index (Phi) is 5.32. The molecule has 1 N–H and O–H groups in total. The minimum Gasteiger partial charge on any atom is -0.465 e. The standard InChI is InChI=1S/C20H20N2O3/c21-14-17(13-18-7-4-12-25-18)20(24)22-10-8-16(9-11-22)19(23)15-5-2-1-3-6-15/h1-7,12-13,16,19,23H,8-11H2. The Morgan fingerprint density at radius 1 is 1.24 bits per heavy atom. The van der Waals surface area contributed by atoms with E-state index in [1.54, 1.807) is 17.0 Å². The smallest absolute Gasteiger partial charge is 0.264 e. The average molecular weight is 336 g/mol. The van der Waals surface area contributed by atoms with Gasteiger partial charge in [0.2, 0.25) is 0 Å². The molecule has 0 spiro atoms. The number of carbonyl (C=O) groups excluding carboxylic acids is 1. The van der Waals surface area contributed by atoms with E-state index in [0.717, 1.165) is 5.56 Å². The molecule has 128 valence electrons. The number of benzene rings is 1. The highest BCUT2D eigenvalue weighted by Gasteiger charge is 2.29. The summed E-state index contributed by atoms with van der Waals surface area (Å²) in [4.78, 5) is 14.2. The van der Waals surface area contributed by atoms with Crippen LogP contribution in [0.4, 0.5) is 0 Å². The third-order valence-electron chi connectivity index (χ3n) is 4.60. The van der Waals surface area contributed by atoms with Crippen molar-refractivity contribution in [3.63, 3.8) is 0 Å². The van der Waals surface area contributed by atoms with Crippen LogP contribution < -0.4 is 0 Å². The first-order valence-electron chi connectivity index (χ1n) is 8.36. The first-order valence-corrected chi connectivity index (χ1v) is 8.36. The van der Waals surface area contributed by atoms with Crippen LogP contribution in [0.25, 0.3) is 6.08 Å². The molecule has 1 fully saturated rings. The zero-order valence-corrected chi connectivity index (χ0v) is 13.8. The number of carbonyl (C=O) groups is 1. The summed E-state index contributed by atoms with van der Waals surface area (Å²) < 4.78 is 5.17. The van der Waals surface area contributed by atoms with Crippen molar-refractivity contribution in [2.24, 2.45) is 5.92 Å². The predicted molar refractivity (Wildman–Crippen MR) is 93.0 cm³/mol. The van der Waals surface area contributed by atoms with Gasteiger partial charge in [0.1, 0.15) is 17.4 Å². The summed E-state index contributed by atoms with van der Waals surface area (Å²) >= 11 is 0. The fraction of sp³-hybridized carbons (Fsp3) is 0.300. The van der Waals surface area contributed by atoms with E-state index in [2.05, 4.69) is 0 Å². The number of hydrogen-bond acceptors (Lipinski definition) is 4. The Labute approximate surface area is 146 Å². The van der Waals surface area contributed by atoms with Crippen LogP contribution in [0.2, 0.25) is 0 Å². The molecule has 1 aliphatic rings. The second-order valence-corrected chi connectivity index (χ2v) is 6.17. The zero-order valence-electron chi connectivity index (χ0n) is 13.8. The van der Waals surface area contributed by atoms with Crippen LogP contribution in [-0.4, -0.2) is 29.0 Å². The molecular weight excluding hydrogens is 316 g/mol. The highest BCUT2D eigenvalue weighted by atomic mass is 16.3. The van der Waals surface area contributed by atoms with Gasteiger partial charge in [-0.1, -0.05) is 30.3 Å². The first-order chi connectivity index (χ1) is 12.2. The second-order valence-electron chi connectivity index (χ2n) is 6.17. The summed E-state index contributed by atoms with van der Waals surface area (Å²) in [6.07, 6.45) is 3.87. The van der Waals surface area contributed by atoms with Gasteiger partial charge in [-0.15, -0.1) is 0 Å². The van der Waals surface area contributed by atoms with Crippen LogP contribution in [-0.2, 0) is 4.79 Å². The van der Waals surface area contributed by atoms with Gasteiger partial charge in [0.25, 0.3) is 5.91 Å². The molecule has 2 heterocycles. The number of piperidine rings is 1.